The minimum Gasteiger partial charge on any atom is -0.381 e. The van der Waals surface area contributed by atoms with Crippen molar-refractivity contribution in [1.29, 1.82) is 0 Å². The van der Waals surface area contributed by atoms with Gasteiger partial charge in [0.2, 0.25) is 0 Å². The van der Waals surface area contributed by atoms with E-state index in [1.54, 1.807) is 0 Å². The van der Waals surface area contributed by atoms with Gasteiger partial charge in [-0.25, -0.2) is 0 Å². The van der Waals surface area contributed by atoms with Crippen molar-refractivity contribution in [2.75, 3.05) is 34.8 Å². The molecule has 1 atom stereocenters. The Morgan fingerprint density at radius 1 is 1.36 bits per heavy atom. The average Bonchev–Trinajstić information content (AvgIpc) is 2.29. The number of benzene rings is 1. The average molecular weight is 206 g/mol. The summed E-state index contributed by atoms with van der Waals surface area (Å²) in [6.45, 7) is 2.30. The van der Waals surface area contributed by atoms with E-state index in [1.165, 1.54) is 29.4 Å². The summed E-state index contributed by atoms with van der Waals surface area (Å²) in [5.41, 5.74) is 2.69. The summed E-state index contributed by atoms with van der Waals surface area (Å²) in [6, 6.07) is 9.33. The van der Waals surface area contributed by atoms with Gasteiger partial charge in [0.25, 0.3) is 0 Å². The molecule has 0 saturated carbocycles. The highest BCUT2D eigenvalue weighted by Crippen LogP contribution is 2.33. The van der Waals surface area contributed by atoms with Gasteiger partial charge in [-0.2, -0.15) is 11.8 Å². The number of fused-ring (bicyclic) bond motifs is 3. The van der Waals surface area contributed by atoms with Gasteiger partial charge < -0.3 is 10.2 Å². The molecule has 3 rings (SSSR count). The van der Waals surface area contributed by atoms with Crippen LogP contribution in [0.4, 0.5) is 11.4 Å². The number of para-hydroxylation sites is 2. The molecule has 1 saturated heterocycles. The normalized spacial score (nSPS) is 24.9. The topological polar surface area (TPSA) is 15.3 Å². The Balaban J connectivity index is 1.99. The zero-order chi connectivity index (χ0) is 9.38. The second-order valence-electron chi connectivity index (χ2n) is 3.82. The van der Waals surface area contributed by atoms with Crippen LogP contribution in [0.15, 0.2) is 24.3 Å². The zero-order valence-electron chi connectivity index (χ0n) is 8.07. The van der Waals surface area contributed by atoms with Crippen molar-refractivity contribution >= 4 is 23.1 Å². The molecular weight excluding hydrogens is 192 g/mol. The van der Waals surface area contributed by atoms with Gasteiger partial charge in [0.15, 0.2) is 0 Å². The van der Waals surface area contributed by atoms with E-state index in [-0.39, 0.29) is 0 Å². The van der Waals surface area contributed by atoms with Gasteiger partial charge in [-0.3, -0.25) is 0 Å². The van der Waals surface area contributed by atoms with Crippen LogP contribution in [0.3, 0.4) is 0 Å². The highest BCUT2D eigenvalue weighted by molar-refractivity contribution is 7.99. The first-order valence-electron chi connectivity index (χ1n) is 5.12. The highest BCUT2D eigenvalue weighted by Gasteiger charge is 2.27. The van der Waals surface area contributed by atoms with Crippen LogP contribution in [-0.4, -0.2) is 30.6 Å². The smallest absolute Gasteiger partial charge is 0.0605 e. The Morgan fingerprint density at radius 3 is 3.29 bits per heavy atom. The van der Waals surface area contributed by atoms with Crippen molar-refractivity contribution < 1.29 is 0 Å². The van der Waals surface area contributed by atoms with Crippen LogP contribution in [0, 0.1) is 0 Å². The third-order valence-corrected chi connectivity index (χ3v) is 4.06. The first-order chi connectivity index (χ1) is 6.95. The number of nitrogens with zero attached hydrogens (tertiary/aromatic N) is 1. The standard InChI is InChI=1S/C11H14N2S/c1-2-4-11-10(3-1)12-7-9-8-14-6-5-13(9)11/h1-4,9,12H,5-8H2. The Bertz CT molecular complexity index is 340. The maximum atomic E-state index is 3.51. The molecule has 1 fully saturated rings. The van der Waals surface area contributed by atoms with Crippen molar-refractivity contribution in [1.82, 2.24) is 0 Å². The van der Waals surface area contributed by atoms with E-state index in [9.17, 15) is 0 Å². The Labute approximate surface area is 88.7 Å². The van der Waals surface area contributed by atoms with E-state index in [2.05, 4.69) is 46.2 Å². The third kappa shape index (κ3) is 1.27. The summed E-state index contributed by atoms with van der Waals surface area (Å²) in [6.07, 6.45) is 0. The molecule has 2 nitrogen and oxygen atoms in total. The molecule has 14 heavy (non-hydrogen) atoms. The van der Waals surface area contributed by atoms with Crippen LogP contribution in [0.1, 0.15) is 0 Å². The fourth-order valence-corrected chi connectivity index (χ4v) is 3.30. The second-order valence-corrected chi connectivity index (χ2v) is 4.97. The van der Waals surface area contributed by atoms with Crippen molar-refractivity contribution in [2.24, 2.45) is 0 Å². The molecule has 1 unspecified atom stereocenters. The zero-order valence-corrected chi connectivity index (χ0v) is 8.89. The Hall–Kier alpha value is -0.830. The molecule has 2 aliphatic rings. The monoisotopic (exact) mass is 206 g/mol. The molecule has 2 aliphatic heterocycles. The maximum absolute atomic E-state index is 3.51. The van der Waals surface area contributed by atoms with Crippen LogP contribution in [0.25, 0.3) is 0 Å². The van der Waals surface area contributed by atoms with Crippen LogP contribution in [0.5, 0.6) is 0 Å². The van der Waals surface area contributed by atoms with Crippen LogP contribution in [-0.2, 0) is 0 Å². The second kappa shape index (κ2) is 3.39. The number of nitrogens with one attached hydrogen (secondary N) is 1. The molecule has 0 amide bonds. The molecule has 3 heteroatoms. The molecule has 1 aromatic rings. The lowest BCUT2D eigenvalue weighted by Crippen LogP contribution is -2.49. The van der Waals surface area contributed by atoms with Gasteiger partial charge in [0, 0.05) is 24.6 Å². The molecule has 0 radical (unpaired) electrons. The first-order valence-corrected chi connectivity index (χ1v) is 6.28. The SMILES string of the molecule is c1ccc2c(c1)NCC1CSCCN21. The van der Waals surface area contributed by atoms with Gasteiger partial charge in [-0.15, -0.1) is 0 Å². The third-order valence-electron chi connectivity index (χ3n) is 2.97. The van der Waals surface area contributed by atoms with Crippen molar-refractivity contribution in [3.8, 4) is 0 Å². The van der Waals surface area contributed by atoms with E-state index in [4.69, 9.17) is 0 Å². The number of rotatable bonds is 0. The number of thioether (sulfide) groups is 1. The minimum atomic E-state index is 0.698. The lowest BCUT2D eigenvalue weighted by Gasteiger charge is -2.42. The summed E-state index contributed by atoms with van der Waals surface area (Å²) < 4.78 is 0. The van der Waals surface area contributed by atoms with Crippen LogP contribution >= 0.6 is 11.8 Å². The number of anilines is 2. The molecule has 0 bridgehead atoms. The lowest BCUT2D eigenvalue weighted by atomic mass is 10.1. The van der Waals surface area contributed by atoms with Crippen LogP contribution in [0.2, 0.25) is 0 Å². The van der Waals surface area contributed by atoms with Gasteiger partial charge in [0.1, 0.15) is 0 Å². The quantitative estimate of drug-likeness (QED) is 0.699. The fourth-order valence-electron chi connectivity index (χ4n) is 2.24. The van der Waals surface area contributed by atoms with Crippen molar-refractivity contribution in [3.63, 3.8) is 0 Å². The molecule has 2 heterocycles. The van der Waals surface area contributed by atoms with Crippen molar-refractivity contribution in [3.05, 3.63) is 24.3 Å². The Kier molecular flexibility index (Phi) is 2.05. The molecular formula is C11H14N2S. The van der Waals surface area contributed by atoms with E-state index in [0.717, 1.165) is 6.54 Å². The fraction of sp³-hybridized carbons (Fsp3) is 0.455. The highest BCUT2D eigenvalue weighted by atomic mass is 32.2. The largest absolute Gasteiger partial charge is 0.381 e. The summed E-state index contributed by atoms with van der Waals surface area (Å²) in [5.74, 6) is 2.53. The summed E-state index contributed by atoms with van der Waals surface area (Å²) in [7, 11) is 0. The lowest BCUT2D eigenvalue weighted by molar-refractivity contribution is 0.656. The van der Waals surface area contributed by atoms with Crippen LogP contribution < -0.4 is 10.2 Å². The molecule has 1 N–H and O–H groups in total. The summed E-state index contributed by atoms with van der Waals surface area (Å²) >= 11 is 2.07. The Morgan fingerprint density at radius 2 is 2.29 bits per heavy atom. The number of hydrogen-bond acceptors (Lipinski definition) is 3. The van der Waals surface area contributed by atoms with E-state index >= 15 is 0 Å². The van der Waals surface area contributed by atoms with Crippen molar-refractivity contribution in [2.45, 2.75) is 6.04 Å². The van der Waals surface area contributed by atoms with Gasteiger partial charge in [-0.05, 0) is 12.1 Å². The maximum Gasteiger partial charge on any atom is 0.0605 e. The first kappa shape index (κ1) is 8.48. The molecule has 74 valence electrons. The van der Waals surface area contributed by atoms with E-state index in [0.29, 0.717) is 6.04 Å². The predicted octanol–water partition coefficient (Wildman–Crippen LogP) is 2.03. The molecule has 0 aliphatic carbocycles. The minimum absolute atomic E-state index is 0.698. The number of hydrogen-bond donors (Lipinski definition) is 1. The van der Waals surface area contributed by atoms with Gasteiger partial charge in [0.05, 0.1) is 17.4 Å². The summed E-state index contributed by atoms with van der Waals surface area (Å²) in [5, 5.41) is 3.51. The van der Waals surface area contributed by atoms with E-state index in [1.807, 2.05) is 0 Å². The molecule has 0 spiro atoms. The molecule has 1 aromatic carbocycles. The molecule has 0 aromatic heterocycles. The van der Waals surface area contributed by atoms with E-state index < -0.39 is 0 Å². The predicted molar refractivity (Wildman–Crippen MR) is 63.4 cm³/mol. The van der Waals surface area contributed by atoms with Gasteiger partial charge in [-0.1, -0.05) is 12.1 Å². The van der Waals surface area contributed by atoms with Gasteiger partial charge >= 0.3 is 0 Å². The summed E-state index contributed by atoms with van der Waals surface area (Å²) in [4.78, 5) is 2.56.